The molecule has 0 aliphatic heterocycles. The van der Waals surface area contributed by atoms with Crippen LogP contribution in [0.25, 0.3) is 5.69 Å². The van der Waals surface area contributed by atoms with E-state index < -0.39 is 15.8 Å². The highest BCUT2D eigenvalue weighted by Crippen LogP contribution is 2.30. The molecule has 0 saturated heterocycles. The maximum Gasteiger partial charge on any atom is 0.335 e. The van der Waals surface area contributed by atoms with Crippen LogP contribution in [0.5, 0.6) is 11.5 Å². The number of hydrogen-bond acceptors (Lipinski definition) is 7. The number of hydrogen-bond donors (Lipinski definition) is 1. The minimum atomic E-state index is -3.99. The summed E-state index contributed by atoms with van der Waals surface area (Å²) in [6, 6.07) is 9.93. The maximum atomic E-state index is 12.9. The smallest absolute Gasteiger partial charge is 0.335 e. The van der Waals surface area contributed by atoms with Crippen LogP contribution >= 0.6 is 0 Å². The molecular formula is C18H17N3O6S. The summed E-state index contributed by atoms with van der Waals surface area (Å²) in [5.41, 5.74) is 0.726. The topological polar surface area (TPSA) is 121 Å². The first-order chi connectivity index (χ1) is 13.3. The lowest BCUT2D eigenvalue weighted by molar-refractivity contribution is 0.0696. The van der Waals surface area contributed by atoms with Gasteiger partial charge in [0, 0.05) is 6.07 Å². The van der Waals surface area contributed by atoms with Gasteiger partial charge >= 0.3 is 5.97 Å². The number of carboxylic acid groups (broad SMARTS) is 1. The molecule has 0 unspecified atom stereocenters. The maximum absolute atomic E-state index is 12.9. The molecule has 9 nitrogen and oxygen atoms in total. The Morgan fingerprint density at radius 3 is 2.32 bits per heavy atom. The second kappa shape index (κ2) is 7.31. The molecule has 1 N–H and O–H groups in total. The summed E-state index contributed by atoms with van der Waals surface area (Å²) in [6.07, 6.45) is 0. The second-order valence-corrected chi connectivity index (χ2v) is 7.63. The SMILES string of the molecule is COc1ccc(OC)c(-n2nnc(S(=O)(=O)c3ccc(C(=O)O)cc3)c2C)c1. The molecule has 1 heterocycles. The zero-order valence-corrected chi connectivity index (χ0v) is 16.1. The van der Waals surface area contributed by atoms with E-state index >= 15 is 0 Å². The van der Waals surface area contributed by atoms with Crippen LogP contribution in [0.4, 0.5) is 0 Å². The highest BCUT2D eigenvalue weighted by molar-refractivity contribution is 7.91. The third-order valence-electron chi connectivity index (χ3n) is 4.13. The Hall–Kier alpha value is -3.40. The van der Waals surface area contributed by atoms with E-state index in [0.29, 0.717) is 17.2 Å². The molecule has 2 aromatic carbocycles. The van der Waals surface area contributed by atoms with Crippen molar-refractivity contribution in [1.29, 1.82) is 0 Å². The van der Waals surface area contributed by atoms with Gasteiger partial charge in [0.1, 0.15) is 17.2 Å². The van der Waals surface area contributed by atoms with Gasteiger partial charge in [-0.15, -0.1) is 5.10 Å². The number of aromatic nitrogens is 3. The second-order valence-electron chi connectivity index (χ2n) is 5.76. The monoisotopic (exact) mass is 403 g/mol. The molecule has 0 fully saturated rings. The summed E-state index contributed by atoms with van der Waals surface area (Å²) in [5, 5.41) is 16.5. The van der Waals surface area contributed by atoms with Gasteiger partial charge in [0.2, 0.25) is 14.9 Å². The predicted molar refractivity (Wildman–Crippen MR) is 98.1 cm³/mol. The summed E-state index contributed by atoms with van der Waals surface area (Å²) in [4.78, 5) is 10.9. The van der Waals surface area contributed by atoms with Gasteiger partial charge in [0.25, 0.3) is 0 Å². The van der Waals surface area contributed by atoms with Crippen LogP contribution in [0, 0.1) is 6.92 Å². The molecule has 0 amide bonds. The van der Waals surface area contributed by atoms with E-state index in [9.17, 15) is 13.2 Å². The number of rotatable bonds is 6. The average Bonchev–Trinajstić information content (AvgIpc) is 3.09. The fourth-order valence-corrected chi connectivity index (χ4v) is 3.98. The van der Waals surface area contributed by atoms with Crippen molar-refractivity contribution in [2.45, 2.75) is 16.8 Å². The van der Waals surface area contributed by atoms with Gasteiger partial charge in [-0.2, -0.15) is 0 Å². The first-order valence-corrected chi connectivity index (χ1v) is 9.51. The lowest BCUT2D eigenvalue weighted by Crippen LogP contribution is -2.07. The van der Waals surface area contributed by atoms with Crippen molar-refractivity contribution in [3.8, 4) is 17.2 Å². The van der Waals surface area contributed by atoms with Gasteiger partial charge in [-0.25, -0.2) is 17.9 Å². The zero-order chi connectivity index (χ0) is 20.5. The van der Waals surface area contributed by atoms with Gasteiger partial charge in [-0.3, -0.25) is 0 Å². The minimum Gasteiger partial charge on any atom is -0.497 e. The first kappa shape index (κ1) is 19.4. The molecule has 3 aromatic rings. The molecule has 146 valence electrons. The Morgan fingerprint density at radius 1 is 1.07 bits per heavy atom. The van der Waals surface area contributed by atoms with E-state index in [0.717, 1.165) is 0 Å². The van der Waals surface area contributed by atoms with Gasteiger partial charge in [0.15, 0.2) is 0 Å². The van der Waals surface area contributed by atoms with Crippen LogP contribution < -0.4 is 9.47 Å². The van der Waals surface area contributed by atoms with E-state index in [1.54, 1.807) is 25.1 Å². The Balaban J connectivity index is 2.09. The number of aromatic carboxylic acids is 1. The van der Waals surface area contributed by atoms with Gasteiger partial charge in [0.05, 0.1) is 30.4 Å². The Kier molecular flexibility index (Phi) is 5.06. The first-order valence-electron chi connectivity index (χ1n) is 8.02. The minimum absolute atomic E-state index is 0.0135. The van der Waals surface area contributed by atoms with E-state index in [1.807, 2.05) is 0 Å². The van der Waals surface area contributed by atoms with Gasteiger partial charge in [-0.1, -0.05) is 5.21 Å². The van der Waals surface area contributed by atoms with Crippen molar-refractivity contribution >= 4 is 15.8 Å². The number of benzene rings is 2. The van der Waals surface area contributed by atoms with E-state index in [4.69, 9.17) is 14.6 Å². The third-order valence-corrected chi connectivity index (χ3v) is 5.91. The van der Waals surface area contributed by atoms with Crippen molar-refractivity contribution in [3.63, 3.8) is 0 Å². The summed E-state index contributed by atoms with van der Waals surface area (Å²) in [6.45, 7) is 1.57. The van der Waals surface area contributed by atoms with Crippen LogP contribution in [0.3, 0.4) is 0 Å². The van der Waals surface area contributed by atoms with Crippen molar-refractivity contribution < 1.29 is 27.8 Å². The van der Waals surface area contributed by atoms with E-state index in [1.165, 1.54) is 43.2 Å². The largest absolute Gasteiger partial charge is 0.497 e. The number of nitrogens with zero attached hydrogens (tertiary/aromatic N) is 3. The van der Waals surface area contributed by atoms with E-state index in [2.05, 4.69) is 10.3 Å². The molecule has 1 aromatic heterocycles. The van der Waals surface area contributed by atoms with Crippen LogP contribution in [0.1, 0.15) is 16.1 Å². The summed E-state index contributed by atoms with van der Waals surface area (Å²) in [5.74, 6) is -0.140. The van der Waals surface area contributed by atoms with Crippen LogP contribution in [0.2, 0.25) is 0 Å². The number of ether oxygens (including phenoxy) is 2. The fraction of sp³-hybridized carbons (Fsp3) is 0.167. The highest BCUT2D eigenvalue weighted by Gasteiger charge is 2.27. The number of sulfone groups is 1. The molecule has 0 atom stereocenters. The standard InChI is InChI=1S/C18H17N3O6S/c1-11-17(28(24,25)14-7-4-12(5-8-14)18(22)23)19-20-21(11)15-10-13(26-2)6-9-16(15)27-3/h4-10H,1-3H3,(H,22,23). The molecular weight excluding hydrogens is 386 g/mol. The quantitative estimate of drug-likeness (QED) is 0.664. The fourth-order valence-electron chi connectivity index (χ4n) is 2.64. The third kappa shape index (κ3) is 3.29. The summed E-state index contributed by atoms with van der Waals surface area (Å²) < 4.78 is 37.8. The van der Waals surface area contributed by atoms with Crippen LogP contribution in [0.15, 0.2) is 52.4 Å². The summed E-state index contributed by atoms with van der Waals surface area (Å²) in [7, 11) is -0.998. The molecule has 0 saturated carbocycles. The Labute approximate surface area is 161 Å². The van der Waals surface area contributed by atoms with Crippen molar-refractivity contribution in [2.75, 3.05) is 14.2 Å². The molecule has 3 rings (SSSR count). The van der Waals surface area contributed by atoms with Crippen LogP contribution in [-0.4, -0.2) is 48.7 Å². The molecule has 0 aliphatic carbocycles. The molecule has 10 heteroatoms. The lowest BCUT2D eigenvalue weighted by Gasteiger charge is -2.11. The van der Waals surface area contributed by atoms with E-state index in [-0.39, 0.29) is 21.2 Å². The number of methoxy groups -OCH3 is 2. The Bertz CT molecular complexity index is 1140. The van der Waals surface area contributed by atoms with Crippen molar-refractivity contribution in [2.24, 2.45) is 0 Å². The van der Waals surface area contributed by atoms with Crippen molar-refractivity contribution in [1.82, 2.24) is 15.0 Å². The molecule has 0 bridgehead atoms. The number of carbonyl (C=O) groups is 1. The molecule has 28 heavy (non-hydrogen) atoms. The molecule has 0 radical (unpaired) electrons. The molecule has 0 aliphatic rings. The average molecular weight is 403 g/mol. The number of carboxylic acids is 1. The van der Waals surface area contributed by atoms with Crippen molar-refractivity contribution in [3.05, 3.63) is 53.7 Å². The summed E-state index contributed by atoms with van der Waals surface area (Å²) >= 11 is 0. The van der Waals surface area contributed by atoms with Gasteiger partial charge < -0.3 is 14.6 Å². The predicted octanol–water partition coefficient (Wildman–Crippen LogP) is 2.12. The van der Waals surface area contributed by atoms with Crippen LogP contribution in [-0.2, 0) is 9.84 Å². The lowest BCUT2D eigenvalue weighted by atomic mass is 10.2. The molecule has 0 spiro atoms. The highest BCUT2D eigenvalue weighted by atomic mass is 32.2. The zero-order valence-electron chi connectivity index (χ0n) is 15.3. The van der Waals surface area contributed by atoms with Gasteiger partial charge in [-0.05, 0) is 43.3 Å². The Morgan fingerprint density at radius 2 is 1.75 bits per heavy atom. The normalized spacial score (nSPS) is 11.2.